The minimum atomic E-state index is -3.75. The molecule has 9 heteroatoms. The Kier molecular flexibility index (Phi) is 4.99. The largest absolute Gasteiger partial charge is 0.391 e. The molecule has 8 nitrogen and oxygen atoms in total. The summed E-state index contributed by atoms with van der Waals surface area (Å²) in [4.78, 5) is 10.4. The van der Waals surface area contributed by atoms with Gasteiger partial charge in [0.05, 0.1) is 22.0 Å². The van der Waals surface area contributed by atoms with Crippen molar-refractivity contribution in [3.8, 4) is 0 Å². The van der Waals surface area contributed by atoms with Crippen molar-refractivity contribution in [2.24, 2.45) is 0 Å². The second kappa shape index (κ2) is 6.59. The molecule has 0 radical (unpaired) electrons. The van der Waals surface area contributed by atoms with Gasteiger partial charge in [0.2, 0.25) is 10.0 Å². The van der Waals surface area contributed by atoms with Gasteiger partial charge in [-0.1, -0.05) is 12.8 Å². The van der Waals surface area contributed by atoms with Gasteiger partial charge in [-0.25, -0.2) is 13.1 Å². The Morgan fingerprint density at radius 1 is 1.32 bits per heavy atom. The van der Waals surface area contributed by atoms with Crippen molar-refractivity contribution in [1.29, 1.82) is 0 Å². The van der Waals surface area contributed by atoms with E-state index in [4.69, 9.17) is 0 Å². The standard InChI is InChI=1S/C13H19N3O5S/c1-14-22(20,21)9-6-7-10(12(8-9)16(18)19)15-11-4-2-3-5-13(11)17/h6-8,11,13-15,17H,2-5H2,1H3/t11-,13-/m0/s1. The molecule has 1 fully saturated rings. The van der Waals surface area contributed by atoms with Gasteiger partial charge in [0, 0.05) is 6.07 Å². The van der Waals surface area contributed by atoms with Crippen LogP contribution >= 0.6 is 0 Å². The van der Waals surface area contributed by atoms with E-state index < -0.39 is 21.1 Å². The minimum Gasteiger partial charge on any atom is -0.391 e. The highest BCUT2D eigenvalue weighted by molar-refractivity contribution is 7.89. The topological polar surface area (TPSA) is 122 Å². The van der Waals surface area contributed by atoms with Gasteiger partial charge in [-0.2, -0.15) is 0 Å². The number of rotatable bonds is 5. The summed E-state index contributed by atoms with van der Waals surface area (Å²) in [5, 5.41) is 24.1. The van der Waals surface area contributed by atoms with Crippen molar-refractivity contribution in [1.82, 2.24) is 4.72 Å². The second-order valence-electron chi connectivity index (χ2n) is 5.25. The molecule has 1 aliphatic rings. The molecule has 0 unspecified atom stereocenters. The third-order valence-electron chi connectivity index (χ3n) is 3.82. The van der Waals surface area contributed by atoms with Gasteiger partial charge < -0.3 is 10.4 Å². The smallest absolute Gasteiger partial charge is 0.293 e. The van der Waals surface area contributed by atoms with Gasteiger partial charge in [-0.15, -0.1) is 0 Å². The van der Waals surface area contributed by atoms with Crippen LogP contribution in [0.15, 0.2) is 23.1 Å². The van der Waals surface area contributed by atoms with Crippen molar-refractivity contribution < 1.29 is 18.4 Å². The van der Waals surface area contributed by atoms with Crippen LogP contribution in [0.3, 0.4) is 0 Å². The molecule has 0 saturated heterocycles. The summed E-state index contributed by atoms with van der Waals surface area (Å²) in [6.45, 7) is 0. The molecule has 122 valence electrons. The van der Waals surface area contributed by atoms with E-state index in [0.717, 1.165) is 25.3 Å². The maximum atomic E-state index is 11.7. The fraction of sp³-hybridized carbons (Fsp3) is 0.538. The molecule has 0 bridgehead atoms. The highest BCUT2D eigenvalue weighted by Crippen LogP contribution is 2.30. The first-order chi connectivity index (χ1) is 10.3. The summed E-state index contributed by atoms with van der Waals surface area (Å²) in [5.74, 6) is 0. The number of sulfonamides is 1. The number of hydrogen-bond donors (Lipinski definition) is 3. The molecule has 1 aromatic rings. The fourth-order valence-corrected chi connectivity index (χ4v) is 3.30. The number of aliphatic hydroxyl groups excluding tert-OH is 1. The Labute approximate surface area is 128 Å². The summed E-state index contributed by atoms with van der Waals surface area (Å²) in [6.07, 6.45) is 2.68. The molecule has 22 heavy (non-hydrogen) atoms. The van der Waals surface area contributed by atoms with Crippen molar-refractivity contribution in [3.05, 3.63) is 28.3 Å². The van der Waals surface area contributed by atoms with Gasteiger partial charge >= 0.3 is 0 Å². The van der Waals surface area contributed by atoms with Crippen LogP contribution in [0.5, 0.6) is 0 Å². The zero-order valence-electron chi connectivity index (χ0n) is 12.2. The Balaban J connectivity index is 2.33. The van der Waals surface area contributed by atoms with Gasteiger partial charge in [0.25, 0.3) is 5.69 Å². The first kappa shape index (κ1) is 16.7. The predicted octanol–water partition coefficient (Wildman–Crippen LogP) is 1.22. The zero-order valence-corrected chi connectivity index (χ0v) is 13.0. The van der Waals surface area contributed by atoms with Gasteiger partial charge in [-0.05, 0) is 32.0 Å². The summed E-state index contributed by atoms with van der Waals surface area (Å²) in [6, 6.07) is 3.42. The average molecular weight is 329 g/mol. The fourth-order valence-electron chi connectivity index (χ4n) is 2.55. The number of nitrogens with one attached hydrogen (secondary N) is 2. The molecule has 1 saturated carbocycles. The molecule has 0 amide bonds. The highest BCUT2D eigenvalue weighted by Gasteiger charge is 2.26. The third-order valence-corrected chi connectivity index (χ3v) is 5.23. The molecular formula is C13H19N3O5S. The summed E-state index contributed by atoms with van der Waals surface area (Å²) in [5.41, 5.74) is -0.111. The monoisotopic (exact) mass is 329 g/mol. The van der Waals surface area contributed by atoms with E-state index in [0.29, 0.717) is 6.42 Å². The Morgan fingerprint density at radius 2 is 2.00 bits per heavy atom. The number of benzene rings is 1. The molecular weight excluding hydrogens is 310 g/mol. The molecule has 0 aromatic heterocycles. The van der Waals surface area contributed by atoms with E-state index in [1.165, 1.54) is 19.2 Å². The van der Waals surface area contributed by atoms with E-state index in [1.807, 2.05) is 0 Å². The second-order valence-corrected chi connectivity index (χ2v) is 7.13. The van der Waals surface area contributed by atoms with E-state index >= 15 is 0 Å². The number of nitrogens with zero attached hydrogens (tertiary/aromatic N) is 1. The van der Waals surface area contributed by atoms with Gasteiger partial charge in [0.1, 0.15) is 5.69 Å². The predicted molar refractivity (Wildman–Crippen MR) is 81.2 cm³/mol. The Bertz CT molecular complexity index is 662. The molecule has 0 aliphatic heterocycles. The van der Waals surface area contributed by atoms with Crippen molar-refractivity contribution in [2.45, 2.75) is 42.7 Å². The Morgan fingerprint density at radius 3 is 2.59 bits per heavy atom. The average Bonchev–Trinajstić information content (AvgIpc) is 2.49. The number of nitro groups is 1. The van der Waals surface area contributed by atoms with Crippen LogP contribution in [0.4, 0.5) is 11.4 Å². The van der Waals surface area contributed by atoms with E-state index in [9.17, 15) is 23.6 Å². The number of aliphatic hydroxyl groups is 1. The lowest BCUT2D eigenvalue weighted by atomic mass is 9.92. The number of hydrogen-bond acceptors (Lipinski definition) is 6. The molecule has 1 aromatic carbocycles. The summed E-state index contributed by atoms with van der Waals surface area (Å²) in [7, 11) is -2.50. The molecule has 2 atom stereocenters. The molecule has 2 rings (SSSR count). The summed E-state index contributed by atoms with van der Waals surface area (Å²) >= 11 is 0. The maximum Gasteiger partial charge on any atom is 0.293 e. The molecule has 0 heterocycles. The first-order valence-corrected chi connectivity index (χ1v) is 8.50. The third kappa shape index (κ3) is 3.54. The maximum absolute atomic E-state index is 11.7. The summed E-state index contributed by atoms with van der Waals surface area (Å²) < 4.78 is 25.6. The van der Waals surface area contributed by atoms with Crippen LogP contribution in [-0.4, -0.2) is 37.6 Å². The first-order valence-electron chi connectivity index (χ1n) is 7.02. The van der Waals surface area contributed by atoms with Crippen LogP contribution in [0.25, 0.3) is 0 Å². The number of anilines is 1. The quantitative estimate of drug-likeness (QED) is 0.551. The van der Waals surface area contributed by atoms with Gasteiger partial charge in [-0.3, -0.25) is 10.1 Å². The lowest BCUT2D eigenvalue weighted by Gasteiger charge is -2.29. The van der Waals surface area contributed by atoms with E-state index in [1.54, 1.807) is 0 Å². The highest BCUT2D eigenvalue weighted by atomic mass is 32.2. The van der Waals surface area contributed by atoms with E-state index in [-0.39, 0.29) is 22.3 Å². The van der Waals surface area contributed by atoms with Crippen molar-refractivity contribution >= 4 is 21.4 Å². The normalized spacial score (nSPS) is 22.3. The lowest BCUT2D eigenvalue weighted by molar-refractivity contribution is -0.384. The van der Waals surface area contributed by atoms with Crippen molar-refractivity contribution in [3.63, 3.8) is 0 Å². The van der Waals surface area contributed by atoms with Gasteiger partial charge in [0.15, 0.2) is 0 Å². The SMILES string of the molecule is CNS(=O)(=O)c1ccc(N[C@H]2CCCC[C@@H]2O)c([N+](=O)[O-])c1. The minimum absolute atomic E-state index is 0.170. The van der Waals surface area contributed by atoms with Crippen LogP contribution in [0.2, 0.25) is 0 Å². The van der Waals surface area contributed by atoms with Crippen LogP contribution in [-0.2, 0) is 10.0 Å². The molecule has 0 spiro atoms. The van der Waals surface area contributed by atoms with Crippen molar-refractivity contribution in [2.75, 3.05) is 12.4 Å². The number of nitro benzene ring substituents is 1. The van der Waals surface area contributed by atoms with Crippen LogP contribution < -0.4 is 10.0 Å². The van der Waals surface area contributed by atoms with Crippen LogP contribution in [0.1, 0.15) is 25.7 Å². The Hall–Kier alpha value is -1.71. The lowest BCUT2D eigenvalue weighted by Crippen LogP contribution is -2.36. The van der Waals surface area contributed by atoms with Crippen LogP contribution in [0, 0.1) is 10.1 Å². The zero-order chi connectivity index (χ0) is 16.3. The molecule has 1 aliphatic carbocycles. The molecule has 3 N–H and O–H groups in total. The van der Waals surface area contributed by atoms with E-state index in [2.05, 4.69) is 10.0 Å².